The Labute approximate surface area is 111 Å². The first kappa shape index (κ1) is 12.2. The lowest BCUT2D eigenvalue weighted by molar-refractivity contribution is 0.523. The summed E-state index contributed by atoms with van der Waals surface area (Å²) < 4.78 is 1.30. The molecule has 2 nitrogen and oxygen atoms in total. The summed E-state index contributed by atoms with van der Waals surface area (Å²) in [7, 11) is 0. The lowest BCUT2D eigenvalue weighted by Gasteiger charge is -2.20. The van der Waals surface area contributed by atoms with Crippen molar-refractivity contribution in [3.05, 3.63) is 27.8 Å². The Kier molecular flexibility index (Phi) is 4.46. The van der Waals surface area contributed by atoms with Crippen LogP contribution in [0.2, 0.25) is 0 Å². The maximum Gasteiger partial charge on any atom is 0.0477 e. The molecule has 0 aliphatic carbocycles. The molecule has 2 atom stereocenters. The number of hydrogen-bond donors (Lipinski definition) is 2. The molecule has 16 heavy (non-hydrogen) atoms. The second kappa shape index (κ2) is 5.87. The number of anilines is 1. The number of hydrogen-bond acceptors (Lipinski definition) is 2. The Bertz CT molecular complexity index is 334. The molecular formula is C13H19IN2. The quantitative estimate of drug-likeness (QED) is 0.829. The first-order chi connectivity index (χ1) is 7.75. The van der Waals surface area contributed by atoms with E-state index in [2.05, 4.69) is 64.4 Å². The Morgan fingerprint density at radius 2 is 2.31 bits per heavy atom. The van der Waals surface area contributed by atoms with Crippen molar-refractivity contribution in [3.63, 3.8) is 0 Å². The second-order valence-corrected chi connectivity index (χ2v) is 5.72. The Hall–Kier alpha value is -0.290. The molecule has 1 saturated heterocycles. The highest BCUT2D eigenvalue weighted by Gasteiger charge is 2.17. The van der Waals surface area contributed by atoms with E-state index in [0.29, 0.717) is 12.1 Å². The van der Waals surface area contributed by atoms with E-state index in [-0.39, 0.29) is 0 Å². The molecule has 0 aromatic heterocycles. The van der Waals surface area contributed by atoms with Gasteiger partial charge in [-0.15, -0.1) is 0 Å². The lowest BCUT2D eigenvalue weighted by Crippen LogP contribution is -2.29. The highest BCUT2D eigenvalue weighted by molar-refractivity contribution is 14.1. The van der Waals surface area contributed by atoms with Gasteiger partial charge >= 0.3 is 0 Å². The summed E-state index contributed by atoms with van der Waals surface area (Å²) in [5.41, 5.74) is 1.26. The molecule has 1 aliphatic heterocycles. The van der Waals surface area contributed by atoms with Gasteiger partial charge in [-0.3, -0.25) is 0 Å². The van der Waals surface area contributed by atoms with Gasteiger partial charge in [0.15, 0.2) is 0 Å². The number of para-hydroxylation sites is 1. The van der Waals surface area contributed by atoms with E-state index in [9.17, 15) is 0 Å². The van der Waals surface area contributed by atoms with Crippen LogP contribution in [0.1, 0.15) is 26.2 Å². The zero-order valence-electron chi connectivity index (χ0n) is 9.67. The minimum absolute atomic E-state index is 0.534. The smallest absolute Gasteiger partial charge is 0.0477 e. The molecule has 2 unspecified atom stereocenters. The van der Waals surface area contributed by atoms with E-state index in [0.717, 1.165) is 0 Å². The summed E-state index contributed by atoms with van der Waals surface area (Å²) in [6.07, 6.45) is 3.88. The SMILES string of the molecule is CC(CC1CCCN1)Nc1ccccc1I. The van der Waals surface area contributed by atoms with Crippen LogP contribution in [0, 0.1) is 3.57 Å². The topological polar surface area (TPSA) is 24.1 Å². The van der Waals surface area contributed by atoms with Gasteiger partial charge in [-0.25, -0.2) is 0 Å². The summed E-state index contributed by atoms with van der Waals surface area (Å²) in [5.74, 6) is 0. The van der Waals surface area contributed by atoms with Crippen molar-refractivity contribution in [1.29, 1.82) is 0 Å². The number of benzene rings is 1. The van der Waals surface area contributed by atoms with Gasteiger partial charge in [0.05, 0.1) is 0 Å². The lowest BCUT2D eigenvalue weighted by atomic mass is 10.1. The molecular weight excluding hydrogens is 311 g/mol. The molecule has 1 aromatic rings. The molecule has 0 spiro atoms. The van der Waals surface area contributed by atoms with E-state index in [1.165, 1.54) is 35.1 Å². The fraction of sp³-hybridized carbons (Fsp3) is 0.538. The molecule has 0 amide bonds. The summed E-state index contributed by atoms with van der Waals surface area (Å²) >= 11 is 2.38. The predicted octanol–water partition coefficient (Wildman–Crippen LogP) is 3.23. The Morgan fingerprint density at radius 1 is 1.50 bits per heavy atom. The summed E-state index contributed by atoms with van der Waals surface area (Å²) in [6.45, 7) is 3.46. The molecule has 88 valence electrons. The standard InChI is InChI=1S/C13H19IN2/c1-10(9-11-5-4-8-15-11)16-13-7-3-2-6-12(13)14/h2-3,6-7,10-11,15-16H,4-5,8-9H2,1H3. The van der Waals surface area contributed by atoms with Crippen molar-refractivity contribution < 1.29 is 0 Å². The van der Waals surface area contributed by atoms with Gasteiger partial charge in [-0.2, -0.15) is 0 Å². The largest absolute Gasteiger partial charge is 0.382 e. The first-order valence-corrected chi connectivity index (χ1v) is 7.08. The maximum absolute atomic E-state index is 3.59. The zero-order valence-corrected chi connectivity index (χ0v) is 11.8. The van der Waals surface area contributed by atoms with Crippen molar-refractivity contribution in [2.45, 2.75) is 38.3 Å². The van der Waals surface area contributed by atoms with Gasteiger partial charge in [-0.05, 0) is 67.5 Å². The normalized spacial score (nSPS) is 22.0. The molecule has 2 rings (SSSR count). The average Bonchev–Trinajstić information content (AvgIpc) is 2.74. The summed E-state index contributed by atoms with van der Waals surface area (Å²) in [5, 5.41) is 7.14. The second-order valence-electron chi connectivity index (χ2n) is 4.55. The molecule has 0 radical (unpaired) electrons. The highest BCUT2D eigenvalue weighted by atomic mass is 127. The van der Waals surface area contributed by atoms with Gasteiger partial charge in [0, 0.05) is 21.3 Å². The predicted molar refractivity (Wildman–Crippen MR) is 77.9 cm³/mol. The average molecular weight is 330 g/mol. The van der Waals surface area contributed by atoms with Crippen LogP contribution in [-0.4, -0.2) is 18.6 Å². The third-order valence-corrected chi connectivity index (χ3v) is 4.02. The third kappa shape index (κ3) is 3.35. The number of nitrogens with one attached hydrogen (secondary N) is 2. The van der Waals surface area contributed by atoms with Crippen molar-refractivity contribution in [1.82, 2.24) is 5.32 Å². The number of halogens is 1. The van der Waals surface area contributed by atoms with E-state index < -0.39 is 0 Å². The summed E-state index contributed by atoms with van der Waals surface area (Å²) in [4.78, 5) is 0. The molecule has 1 fully saturated rings. The van der Waals surface area contributed by atoms with Crippen molar-refractivity contribution in [2.24, 2.45) is 0 Å². The molecule has 0 saturated carbocycles. The van der Waals surface area contributed by atoms with E-state index in [4.69, 9.17) is 0 Å². The van der Waals surface area contributed by atoms with E-state index in [1.54, 1.807) is 0 Å². The maximum atomic E-state index is 3.59. The van der Waals surface area contributed by atoms with Crippen LogP contribution in [0.4, 0.5) is 5.69 Å². The minimum Gasteiger partial charge on any atom is -0.382 e. The van der Waals surface area contributed by atoms with Gasteiger partial charge in [0.1, 0.15) is 0 Å². The fourth-order valence-corrected chi connectivity index (χ4v) is 2.83. The third-order valence-electron chi connectivity index (χ3n) is 3.08. The van der Waals surface area contributed by atoms with Crippen molar-refractivity contribution >= 4 is 28.3 Å². The van der Waals surface area contributed by atoms with Gasteiger partial charge in [0.25, 0.3) is 0 Å². The van der Waals surface area contributed by atoms with Crippen LogP contribution in [0.15, 0.2) is 24.3 Å². The minimum atomic E-state index is 0.534. The van der Waals surface area contributed by atoms with Gasteiger partial charge in [0.2, 0.25) is 0 Å². The van der Waals surface area contributed by atoms with Gasteiger partial charge in [-0.1, -0.05) is 12.1 Å². The molecule has 2 N–H and O–H groups in total. The van der Waals surface area contributed by atoms with Crippen LogP contribution in [0.3, 0.4) is 0 Å². The van der Waals surface area contributed by atoms with Crippen molar-refractivity contribution in [2.75, 3.05) is 11.9 Å². The van der Waals surface area contributed by atoms with Crippen molar-refractivity contribution in [3.8, 4) is 0 Å². The molecule has 1 aromatic carbocycles. The molecule has 3 heteroatoms. The number of rotatable bonds is 4. The van der Waals surface area contributed by atoms with E-state index in [1.807, 2.05) is 0 Å². The highest BCUT2D eigenvalue weighted by Crippen LogP contribution is 2.20. The van der Waals surface area contributed by atoms with E-state index >= 15 is 0 Å². The first-order valence-electron chi connectivity index (χ1n) is 6.00. The fourth-order valence-electron chi connectivity index (χ4n) is 2.29. The monoisotopic (exact) mass is 330 g/mol. The van der Waals surface area contributed by atoms with Crippen LogP contribution in [0.25, 0.3) is 0 Å². The zero-order chi connectivity index (χ0) is 11.4. The molecule has 0 bridgehead atoms. The van der Waals surface area contributed by atoms with Crippen LogP contribution < -0.4 is 10.6 Å². The van der Waals surface area contributed by atoms with Crippen LogP contribution >= 0.6 is 22.6 Å². The molecule has 1 aliphatic rings. The Balaban J connectivity index is 1.86. The summed E-state index contributed by atoms with van der Waals surface area (Å²) in [6, 6.07) is 9.71. The van der Waals surface area contributed by atoms with Crippen LogP contribution in [0.5, 0.6) is 0 Å². The van der Waals surface area contributed by atoms with Gasteiger partial charge < -0.3 is 10.6 Å². The van der Waals surface area contributed by atoms with Crippen LogP contribution in [-0.2, 0) is 0 Å². The Morgan fingerprint density at radius 3 is 3.00 bits per heavy atom. The molecule has 1 heterocycles.